The summed E-state index contributed by atoms with van der Waals surface area (Å²) in [5, 5.41) is 3.13. The summed E-state index contributed by atoms with van der Waals surface area (Å²) in [4.78, 5) is 25.6. The number of primary amides is 1. The van der Waals surface area contributed by atoms with Crippen LogP contribution >= 0.6 is 11.3 Å². The fraction of sp³-hybridized carbons (Fsp3) is 0.667. The molecule has 0 radical (unpaired) electrons. The van der Waals surface area contributed by atoms with Crippen LogP contribution in [0.2, 0.25) is 0 Å². The van der Waals surface area contributed by atoms with Crippen molar-refractivity contribution in [3.05, 3.63) is 16.0 Å². The number of halogens is 3. The number of amides is 2. The zero-order chi connectivity index (χ0) is 18.9. The minimum atomic E-state index is -4.27. The topological polar surface area (TPSA) is 72.2 Å². The van der Waals surface area contributed by atoms with E-state index < -0.39 is 29.8 Å². The Bertz CT molecular complexity index is 699. The van der Waals surface area contributed by atoms with Crippen molar-refractivity contribution >= 4 is 28.2 Å². The van der Waals surface area contributed by atoms with Gasteiger partial charge in [-0.1, -0.05) is 12.8 Å². The van der Waals surface area contributed by atoms with Crippen LogP contribution in [0.3, 0.4) is 0 Å². The Kier molecular flexibility index (Phi) is 5.60. The van der Waals surface area contributed by atoms with E-state index in [0.29, 0.717) is 23.4 Å². The Morgan fingerprint density at radius 2 is 1.81 bits per heavy atom. The van der Waals surface area contributed by atoms with Crippen LogP contribution in [0.4, 0.5) is 18.2 Å². The summed E-state index contributed by atoms with van der Waals surface area (Å²) < 4.78 is 38.9. The highest BCUT2D eigenvalue weighted by molar-refractivity contribution is 7.17. The molecule has 2 aliphatic carbocycles. The first-order valence-corrected chi connectivity index (χ1v) is 9.91. The van der Waals surface area contributed by atoms with E-state index in [1.54, 1.807) is 0 Å². The molecule has 2 unspecified atom stereocenters. The highest BCUT2D eigenvalue weighted by Crippen LogP contribution is 2.41. The minimum absolute atomic E-state index is 0.0765. The summed E-state index contributed by atoms with van der Waals surface area (Å²) in [5.74, 6) is -3.13. The van der Waals surface area contributed by atoms with Crippen LogP contribution < -0.4 is 11.1 Å². The van der Waals surface area contributed by atoms with Gasteiger partial charge in [0.25, 0.3) is 5.91 Å². The molecule has 0 saturated heterocycles. The van der Waals surface area contributed by atoms with Crippen molar-refractivity contribution in [3.63, 3.8) is 0 Å². The van der Waals surface area contributed by atoms with Crippen LogP contribution in [0.5, 0.6) is 0 Å². The zero-order valence-corrected chi connectivity index (χ0v) is 15.3. The quantitative estimate of drug-likeness (QED) is 0.752. The van der Waals surface area contributed by atoms with Gasteiger partial charge in [0.1, 0.15) is 5.00 Å². The van der Waals surface area contributed by atoms with Crippen molar-refractivity contribution in [2.45, 2.75) is 64.0 Å². The van der Waals surface area contributed by atoms with Gasteiger partial charge in [0.15, 0.2) is 0 Å². The molecule has 2 amide bonds. The number of carbonyl (C=O) groups is 2. The monoisotopic (exact) mass is 388 g/mol. The molecule has 1 aromatic rings. The number of anilines is 1. The molecule has 1 fully saturated rings. The molecule has 2 aliphatic rings. The van der Waals surface area contributed by atoms with Gasteiger partial charge in [0, 0.05) is 10.8 Å². The molecule has 0 aliphatic heterocycles. The van der Waals surface area contributed by atoms with Gasteiger partial charge in [0.2, 0.25) is 5.91 Å². The van der Waals surface area contributed by atoms with Gasteiger partial charge in [-0.2, -0.15) is 13.2 Å². The molecule has 0 spiro atoms. The molecule has 144 valence electrons. The van der Waals surface area contributed by atoms with Crippen molar-refractivity contribution in [3.8, 4) is 0 Å². The van der Waals surface area contributed by atoms with E-state index in [9.17, 15) is 22.8 Å². The summed E-state index contributed by atoms with van der Waals surface area (Å²) in [6.45, 7) is 0. The van der Waals surface area contributed by atoms with E-state index in [-0.39, 0.29) is 12.8 Å². The second kappa shape index (κ2) is 7.58. The molecule has 1 aromatic heterocycles. The molecule has 1 heterocycles. The molecular formula is C18H23F3N2O2S. The predicted molar refractivity (Wildman–Crippen MR) is 94.2 cm³/mol. The number of hydrogen-bond donors (Lipinski definition) is 2. The largest absolute Gasteiger partial charge is 0.391 e. The third-order valence-electron chi connectivity index (χ3n) is 5.41. The summed E-state index contributed by atoms with van der Waals surface area (Å²) >= 11 is 1.35. The molecule has 26 heavy (non-hydrogen) atoms. The maximum Gasteiger partial charge on any atom is 0.391 e. The minimum Gasteiger partial charge on any atom is -0.365 e. The van der Waals surface area contributed by atoms with E-state index in [4.69, 9.17) is 5.73 Å². The molecule has 3 rings (SSSR count). The van der Waals surface area contributed by atoms with Gasteiger partial charge in [-0.25, -0.2) is 0 Å². The third-order valence-corrected chi connectivity index (χ3v) is 6.62. The lowest BCUT2D eigenvalue weighted by Crippen LogP contribution is -2.34. The van der Waals surface area contributed by atoms with Gasteiger partial charge < -0.3 is 11.1 Å². The normalized spacial score (nSPS) is 23.8. The number of fused-ring (bicyclic) bond motifs is 1. The lowest BCUT2D eigenvalue weighted by Gasteiger charge is -2.29. The Balaban J connectivity index is 1.78. The van der Waals surface area contributed by atoms with Crippen molar-refractivity contribution in [2.24, 2.45) is 17.6 Å². The van der Waals surface area contributed by atoms with Gasteiger partial charge in [-0.3, -0.25) is 9.59 Å². The lowest BCUT2D eigenvalue weighted by atomic mass is 9.80. The molecular weight excluding hydrogens is 365 g/mol. The predicted octanol–water partition coefficient (Wildman–Crippen LogP) is 4.42. The second-order valence-electron chi connectivity index (χ2n) is 7.22. The molecule has 3 N–H and O–H groups in total. The van der Waals surface area contributed by atoms with Crippen molar-refractivity contribution in [1.82, 2.24) is 0 Å². The van der Waals surface area contributed by atoms with Crippen LogP contribution in [0.25, 0.3) is 0 Å². The Labute approximate surface area is 154 Å². The first-order valence-electron chi connectivity index (χ1n) is 9.09. The fourth-order valence-electron chi connectivity index (χ4n) is 4.03. The van der Waals surface area contributed by atoms with Crippen LogP contribution in [-0.2, 0) is 17.6 Å². The molecule has 1 saturated carbocycles. The molecule has 4 nitrogen and oxygen atoms in total. The molecule has 2 atom stereocenters. The number of hydrogen-bond acceptors (Lipinski definition) is 3. The van der Waals surface area contributed by atoms with Gasteiger partial charge in [-0.05, 0) is 50.5 Å². The number of rotatable bonds is 3. The second-order valence-corrected chi connectivity index (χ2v) is 8.33. The van der Waals surface area contributed by atoms with Crippen LogP contribution in [0.1, 0.15) is 65.7 Å². The van der Waals surface area contributed by atoms with Gasteiger partial charge >= 0.3 is 6.18 Å². The van der Waals surface area contributed by atoms with Crippen LogP contribution in [0, 0.1) is 11.8 Å². The van der Waals surface area contributed by atoms with E-state index in [2.05, 4.69) is 5.32 Å². The first-order chi connectivity index (χ1) is 12.3. The van der Waals surface area contributed by atoms with Gasteiger partial charge in [-0.15, -0.1) is 11.3 Å². The smallest absolute Gasteiger partial charge is 0.365 e. The van der Waals surface area contributed by atoms with E-state index in [1.807, 2.05) is 0 Å². The number of alkyl halides is 3. The summed E-state index contributed by atoms with van der Waals surface area (Å²) in [7, 11) is 0. The number of nitrogens with one attached hydrogen (secondary N) is 1. The van der Waals surface area contributed by atoms with Crippen molar-refractivity contribution < 1.29 is 22.8 Å². The fourth-order valence-corrected chi connectivity index (χ4v) is 5.33. The summed E-state index contributed by atoms with van der Waals surface area (Å²) in [6.07, 6.45) is 1.11. The number of thiophene rings is 1. The van der Waals surface area contributed by atoms with E-state index >= 15 is 0 Å². The Morgan fingerprint density at radius 1 is 1.08 bits per heavy atom. The highest BCUT2D eigenvalue weighted by atomic mass is 32.1. The molecule has 0 aromatic carbocycles. The number of aryl methyl sites for hydroxylation is 1. The zero-order valence-electron chi connectivity index (χ0n) is 14.5. The van der Waals surface area contributed by atoms with E-state index in [1.165, 1.54) is 11.3 Å². The summed E-state index contributed by atoms with van der Waals surface area (Å²) in [6, 6.07) is 0. The summed E-state index contributed by atoms with van der Waals surface area (Å²) in [5.41, 5.74) is 6.79. The average molecular weight is 388 g/mol. The van der Waals surface area contributed by atoms with Crippen molar-refractivity contribution in [2.75, 3.05) is 5.32 Å². The van der Waals surface area contributed by atoms with Crippen LogP contribution in [-0.4, -0.2) is 18.0 Å². The molecule has 8 heteroatoms. The highest BCUT2D eigenvalue weighted by Gasteiger charge is 2.43. The standard InChI is InChI=1S/C18H23F3N2O2S/c19-18(20,21)11-6-4-5-10(9-11)16(25)23-17-14(15(22)24)12-7-2-1-3-8-13(12)26-17/h10-11H,1-9H2,(H2,22,24)(H,23,25). The number of carbonyl (C=O) groups excluding carboxylic acids is 2. The maximum atomic E-state index is 13.0. The van der Waals surface area contributed by atoms with E-state index in [0.717, 1.165) is 42.5 Å². The third kappa shape index (κ3) is 4.05. The van der Waals surface area contributed by atoms with Gasteiger partial charge in [0.05, 0.1) is 11.5 Å². The Morgan fingerprint density at radius 3 is 2.50 bits per heavy atom. The molecule has 0 bridgehead atoms. The number of nitrogens with two attached hydrogens (primary N) is 1. The maximum absolute atomic E-state index is 13.0. The van der Waals surface area contributed by atoms with Crippen LogP contribution in [0.15, 0.2) is 0 Å². The lowest BCUT2D eigenvalue weighted by molar-refractivity contribution is -0.185. The SMILES string of the molecule is NC(=O)c1c(NC(=O)C2CCCC(C(F)(F)F)C2)sc2c1CCCCC2. The Hall–Kier alpha value is -1.57. The average Bonchev–Trinajstić information content (AvgIpc) is 2.75. The first kappa shape index (κ1) is 19.2. The van der Waals surface area contributed by atoms with Crippen molar-refractivity contribution in [1.29, 1.82) is 0 Å².